The summed E-state index contributed by atoms with van der Waals surface area (Å²) in [6.07, 6.45) is 6.66. The minimum Gasteiger partial charge on any atom is -0.352 e. The van der Waals surface area contributed by atoms with E-state index in [4.69, 9.17) is 0 Å². The van der Waals surface area contributed by atoms with Gasteiger partial charge < -0.3 is 5.32 Å². The number of pyridine rings is 1. The highest BCUT2D eigenvalue weighted by Gasteiger charge is 2.10. The topological polar surface area (TPSA) is 42.0 Å². The van der Waals surface area contributed by atoms with Gasteiger partial charge in [0.25, 0.3) is 5.91 Å². The Labute approximate surface area is 111 Å². The van der Waals surface area contributed by atoms with E-state index in [1.54, 1.807) is 24.5 Å². The normalized spacial score (nSPS) is 12.1. The molecule has 1 amide bonds. The van der Waals surface area contributed by atoms with Gasteiger partial charge >= 0.3 is 0 Å². The van der Waals surface area contributed by atoms with Crippen LogP contribution in [-0.2, 0) is 0 Å². The highest BCUT2D eigenvalue weighted by molar-refractivity contribution is 9.09. The Morgan fingerprint density at radius 2 is 2.35 bits per heavy atom. The SMILES string of the molecule is CCCC(CCBr)CNC(=O)c1cccnc1. The number of nitrogens with one attached hydrogen (secondary N) is 1. The average molecular weight is 299 g/mol. The average Bonchev–Trinajstić information content (AvgIpc) is 2.37. The lowest BCUT2D eigenvalue weighted by Gasteiger charge is -2.15. The van der Waals surface area contributed by atoms with Crippen LogP contribution in [0.25, 0.3) is 0 Å². The number of carbonyl (C=O) groups excluding carboxylic acids is 1. The van der Waals surface area contributed by atoms with Crippen molar-refractivity contribution < 1.29 is 4.79 Å². The molecule has 0 spiro atoms. The third-order valence-corrected chi connectivity index (χ3v) is 3.15. The summed E-state index contributed by atoms with van der Waals surface area (Å²) in [7, 11) is 0. The van der Waals surface area contributed by atoms with Gasteiger partial charge in [0.15, 0.2) is 0 Å². The van der Waals surface area contributed by atoms with Gasteiger partial charge in [0.05, 0.1) is 5.56 Å². The zero-order valence-electron chi connectivity index (χ0n) is 10.2. The molecule has 0 fully saturated rings. The van der Waals surface area contributed by atoms with Gasteiger partial charge in [0.2, 0.25) is 0 Å². The molecular formula is C13H19BrN2O. The molecule has 0 bridgehead atoms. The molecule has 1 N–H and O–H groups in total. The van der Waals surface area contributed by atoms with Crippen molar-refractivity contribution in [2.45, 2.75) is 26.2 Å². The zero-order chi connectivity index (χ0) is 12.5. The fourth-order valence-corrected chi connectivity index (χ4v) is 2.39. The smallest absolute Gasteiger partial charge is 0.252 e. The standard InChI is InChI=1S/C13H19BrN2O/c1-2-4-11(6-7-14)9-16-13(17)12-5-3-8-15-10-12/h3,5,8,10-11H,2,4,6-7,9H2,1H3,(H,16,17). The number of hydrogen-bond acceptors (Lipinski definition) is 2. The fourth-order valence-electron chi connectivity index (χ4n) is 1.75. The molecule has 1 heterocycles. The maximum Gasteiger partial charge on any atom is 0.252 e. The highest BCUT2D eigenvalue weighted by Crippen LogP contribution is 2.11. The first-order chi connectivity index (χ1) is 8.27. The van der Waals surface area contributed by atoms with Crippen LogP contribution in [-0.4, -0.2) is 22.8 Å². The second-order valence-corrected chi connectivity index (χ2v) is 4.88. The molecule has 0 aliphatic rings. The Bertz CT molecular complexity index is 323. The molecule has 17 heavy (non-hydrogen) atoms. The molecule has 0 saturated heterocycles. The van der Waals surface area contributed by atoms with Crippen molar-refractivity contribution in [3.05, 3.63) is 30.1 Å². The number of aromatic nitrogens is 1. The second-order valence-electron chi connectivity index (χ2n) is 4.08. The molecular weight excluding hydrogens is 280 g/mol. The number of carbonyl (C=O) groups is 1. The molecule has 1 aromatic heterocycles. The quantitative estimate of drug-likeness (QED) is 0.786. The molecule has 1 atom stereocenters. The largest absolute Gasteiger partial charge is 0.352 e. The van der Waals surface area contributed by atoms with Crippen LogP contribution in [0.4, 0.5) is 0 Å². The Kier molecular flexibility index (Phi) is 6.86. The van der Waals surface area contributed by atoms with Crippen LogP contribution >= 0.6 is 15.9 Å². The summed E-state index contributed by atoms with van der Waals surface area (Å²) >= 11 is 3.45. The predicted octanol–water partition coefficient (Wildman–Crippen LogP) is 3.01. The molecule has 1 unspecified atom stereocenters. The lowest BCUT2D eigenvalue weighted by atomic mass is 10.0. The molecule has 0 radical (unpaired) electrons. The van der Waals surface area contributed by atoms with Crippen molar-refractivity contribution in [2.75, 3.05) is 11.9 Å². The van der Waals surface area contributed by atoms with E-state index in [2.05, 4.69) is 33.2 Å². The molecule has 1 aromatic rings. The number of nitrogens with zero attached hydrogens (tertiary/aromatic N) is 1. The Morgan fingerprint density at radius 1 is 1.53 bits per heavy atom. The number of halogens is 1. The third kappa shape index (κ3) is 5.31. The summed E-state index contributed by atoms with van der Waals surface area (Å²) in [6, 6.07) is 3.55. The van der Waals surface area contributed by atoms with Crippen molar-refractivity contribution in [2.24, 2.45) is 5.92 Å². The number of rotatable bonds is 7. The van der Waals surface area contributed by atoms with Gasteiger partial charge in [-0.15, -0.1) is 0 Å². The first-order valence-corrected chi connectivity index (χ1v) is 7.14. The molecule has 3 nitrogen and oxygen atoms in total. The van der Waals surface area contributed by atoms with Crippen LogP contribution in [0.15, 0.2) is 24.5 Å². The maximum atomic E-state index is 11.8. The van der Waals surface area contributed by atoms with Gasteiger partial charge in [0, 0.05) is 24.3 Å². The molecule has 4 heteroatoms. The van der Waals surface area contributed by atoms with E-state index in [1.807, 2.05) is 0 Å². The molecule has 94 valence electrons. The van der Waals surface area contributed by atoms with Crippen molar-refractivity contribution in [3.63, 3.8) is 0 Å². The van der Waals surface area contributed by atoms with Gasteiger partial charge in [-0.25, -0.2) is 0 Å². The summed E-state index contributed by atoms with van der Waals surface area (Å²) in [5.41, 5.74) is 0.626. The number of amides is 1. The van der Waals surface area contributed by atoms with Gasteiger partial charge in [-0.05, 0) is 30.9 Å². The Hall–Kier alpha value is -0.900. The van der Waals surface area contributed by atoms with E-state index in [0.29, 0.717) is 11.5 Å². The first-order valence-electron chi connectivity index (χ1n) is 6.02. The number of hydrogen-bond donors (Lipinski definition) is 1. The summed E-state index contributed by atoms with van der Waals surface area (Å²) in [5.74, 6) is 0.522. The molecule has 0 saturated carbocycles. The van der Waals surface area contributed by atoms with E-state index < -0.39 is 0 Å². The Balaban J connectivity index is 2.41. The van der Waals surface area contributed by atoms with Crippen LogP contribution < -0.4 is 5.32 Å². The van der Waals surface area contributed by atoms with Gasteiger partial charge in [-0.2, -0.15) is 0 Å². The van der Waals surface area contributed by atoms with E-state index in [0.717, 1.165) is 31.1 Å². The lowest BCUT2D eigenvalue weighted by Crippen LogP contribution is -2.29. The van der Waals surface area contributed by atoms with E-state index in [1.165, 1.54) is 0 Å². The van der Waals surface area contributed by atoms with Crippen molar-refractivity contribution >= 4 is 21.8 Å². The fraction of sp³-hybridized carbons (Fsp3) is 0.538. The van der Waals surface area contributed by atoms with Crippen molar-refractivity contribution in [1.29, 1.82) is 0 Å². The van der Waals surface area contributed by atoms with E-state index in [9.17, 15) is 4.79 Å². The summed E-state index contributed by atoms with van der Waals surface area (Å²) in [4.78, 5) is 15.7. The van der Waals surface area contributed by atoms with Crippen molar-refractivity contribution in [3.8, 4) is 0 Å². The van der Waals surface area contributed by atoms with E-state index in [-0.39, 0.29) is 5.91 Å². The molecule has 0 aromatic carbocycles. The summed E-state index contributed by atoms with van der Waals surface area (Å²) < 4.78 is 0. The van der Waals surface area contributed by atoms with Crippen LogP contribution in [0.3, 0.4) is 0 Å². The van der Waals surface area contributed by atoms with Crippen LogP contribution in [0.1, 0.15) is 36.5 Å². The first kappa shape index (κ1) is 14.2. The summed E-state index contributed by atoms with van der Waals surface area (Å²) in [5, 5.41) is 3.96. The summed E-state index contributed by atoms with van der Waals surface area (Å²) in [6.45, 7) is 2.91. The van der Waals surface area contributed by atoms with Crippen LogP contribution in [0, 0.1) is 5.92 Å². The monoisotopic (exact) mass is 298 g/mol. The van der Waals surface area contributed by atoms with Crippen molar-refractivity contribution in [1.82, 2.24) is 10.3 Å². The zero-order valence-corrected chi connectivity index (χ0v) is 11.7. The van der Waals surface area contributed by atoms with Gasteiger partial charge in [-0.1, -0.05) is 29.3 Å². The molecule has 1 rings (SSSR count). The molecule has 0 aliphatic heterocycles. The van der Waals surface area contributed by atoms with Crippen LogP contribution in [0.5, 0.6) is 0 Å². The Morgan fingerprint density at radius 3 is 2.94 bits per heavy atom. The van der Waals surface area contributed by atoms with Crippen LogP contribution in [0.2, 0.25) is 0 Å². The minimum absolute atomic E-state index is 0.0335. The van der Waals surface area contributed by atoms with E-state index >= 15 is 0 Å². The number of alkyl halides is 1. The third-order valence-electron chi connectivity index (χ3n) is 2.69. The van der Waals surface area contributed by atoms with Gasteiger partial charge in [0.1, 0.15) is 0 Å². The molecule has 0 aliphatic carbocycles. The minimum atomic E-state index is -0.0335. The van der Waals surface area contributed by atoms with Gasteiger partial charge in [-0.3, -0.25) is 9.78 Å². The lowest BCUT2D eigenvalue weighted by molar-refractivity contribution is 0.0945. The predicted molar refractivity (Wildman–Crippen MR) is 73.4 cm³/mol. The second kappa shape index (κ2) is 8.23. The highest BCUT2D eigenvalue weighted by atomic mass is 79.9. The maximum absolute atomic E-state index is 11.8.